The minimum absolute atomic E-state index is 0.748. The topological polar surface area (TPSA) is 0 Å². The molecule has 0 bridgehead atoms. The summed E-state index contributed by atoms with van der Waals surface area (Å²) in [5.41, 5.74) is 0. The van der Waals surface area contributed by atoms with Crippen molar-refractivity contribution in [1.82, 2.24) is 0 Å². The van der Waals surface area contributed by atoms with Gasteiger partial charge in [0.1, 0.15) is 0 Å². The Labute approximate surface area is 105 Å². The summed E-state index contributed by atoms with van der Waals surface area (Å²) in [5, 5.41) is 0. The third-order valence-corrected chi connectivity index (χ3v) is 5.13. The Morgan fingerprint density at radius 1 is 0.562 bits per heavy atom. The van der Waals surface area contributed by atoms with Gasteiger partial charge in [-0.15, -0.1) is 0 Å². The molecule has 0 aromatic heterocycles. The van der Waals surface area contributed by atoms with Crippen LogP contribution >= 0.6 is 7.26 Å². The van der Waals surface area contributed by atoms with Crippen LogP contribution in [0, 0.1) is 0 Å². The van der Waals surface area contributed by atoms with Gasteiger partial charge in [-0.3, -0.25) is 0 Å². The van der Waals surface area contributed by atoms with E-state index in [1.807, 2.05) is 0 Å². The molecule has 0 aliphatic heterocycles. The molecule has 0 aromatic rings. The van der Waals surface area contributed by atoms with Crippen molar-refractivity contribution in [3.05, 3.63) is 0 Å². The van der Waals surface area contributed by atoms with Gasteiger partial charge in [-0.1, -0.05) is 0 Å². The van der Waals surface area contributed by atoms with E-state index in [2.05, 4.69) is 26.9 Å². The summed E-state index contributed by atoms with van der Waals surface area (Å²) in [6.07, 6.45) is 16.2. The van der Waals surface area contributed by atoms with Gasteiger partial charge in [0.15, 0.2) is 0 Å². The molecule has 0 amide bonds. The van der Waals surface area contributed by atoms with Gasteiger partial charge in [-0.05, 0) is 0 Å². The fraction of sp³-hybridized carbons (Fsp3) is 1.00. The van der Waals surface area contributed by atoms with Crippen molar-refractivity contribution in [2.75, 3.05) is 26.2 Å². The molecule has 0 unspecified atom stereocenters. The van der Waals surface area contributed by atoms with Crippen molar-refractivity contribution in [2.45, 2.75) is 71.1 Å². The third-order valence-electron chi connectivity index (χ3n) is 3.28. The molecule has 0 spiro atoms. The van der Waals surface area contributed by atoms with Crippen molar-refractivity contribution < 1.29 is 0 Å². The predicted octanol–water partition coefficient (Wildman–Crippen LogP) is 5.55. The second-order valence-corrected chi connectivity index (χ2v) is 12.1. The molecule has 0 radical (unpaired) electrons. The van der Waals surface area contributed by atoms with E-state index in [4.69, 9.17) is 0 Å². The summed E-state index contributed by atoms with van der Waals surface area (Å²) in [5.74, 6) is 0. The molecule has 0 N–H and O–H groups in total. The molecule has 0 rings (SSSR count). The second-order valence-electron chi connectivity index (χ2n) is 6.49. The molecule has 0 saturated heterocycles. The minimum atomic E-state index is -0.748. The Kier molecular flexibility index (Phi) is 10.9. The van der Waals surface area contributed by atoms with E-state index in [0.29, 0.717) is 0 Å². The maximum atomic E-state index is 2.49. The fourth-order valence-electron chi connectivity index (χ4n) is 2.14. The SMILES string of the molecule is CCCCCCCCCCCC[PH](C)(C)C. The summed E-state index contributed by atoms with van der Waals surface area (Å²) in [6.45, 7) is 9.75. The Morgan fingerprint density at radius 3 is 1.31 bits per heavy atom. The molecule has 16 heavy (non-hydrogen) atoms. The van der Waals surface area contributed by atoms with E-state index in [1.54, 1.807) is 0 Å². The first-order valence-electron chi connectivity index (χ1n) is 7.56. The fourth-order valence-corrected chi connectivity index (χ4v) is 3.45. The molecule has 0 fully saturated rings. The molecule has 0 atom stereocenters. The molecular weight excluding hydrogens is 211 g/mol. The van der Waals surface area contributed by atoms with E-state index in [0.717, 1.165) is 0 Å². The van der Waals surface area contributed by atoms with Gasteiger partial charge in [0.2, 0.25) is 0 Å². The Morgan fingerprint density at radius 2 is 0.938 bits per heavy atom. The number of rotatable bonds is 11. The zero-order valence-electron chi connectivity index (χ0n) is 12.3. The number of hydrogen-bond acceptors (Lipinski definition) is 0. The van der Waals surface area contributed by atoms with Gasteiger partial charge in [0, 0.05) is 0 Å². The van der Waals surface area contributed by atoms with E-state index < -0.39 is 7.26 Å². The van der Waals surface area contributed by atoms with Crippen LogP contribution in [0.25, 0.3) is 0 Å². The van der Waals surface area contributed by atoms with Crippen molar-refractivity contribution in [3.8, 4) is 0 Å². The predicted molar refractivity (Wildman–Crippen MR) is 82.8 cm³/mol. The van der Waals surface area contributed by atoms with Gasteiger partial charge >= 0.3 is 105 Å². The summed E-state index contributed by atoms with van der Waals surface area (Å²) >= 11 is 0. The van der Waals surface area contributed by atoms with Crippen LogP contribution in [0.15, 0.2) is 0 Å². The van der Waals surface area contributed by atoms with Crippen molar-refractivity contribution in [3.63, 3.8) is 0 Å². The standard InChI is InChI=1S/C15H35P/c1-5-6-7-8-9-10-11-12-13-14-15-16(2,3)4/h16H,5-15H2,1-4H3. The normalized spacial score (nSPS) is 13.0. The zero-order chi connectivity index (χ0) is 12.3. The van der Waals surface area contributed by atoms with Crippen LogP contribution in [-0.4, -0.2) is 26.2 Å². The van der Waals surface area contributed by atoms with E-state index in [-0.39, 0.29) is 0 Å². The van der Waals surface area contributed by atoms with Crippen LogP contribution in [0.3, 0.4) is 0 Å². The van der Waals surface area contributed by atoms with Gasteiger partial charge in [-0.2, -0.15) is 0 Å². The van der Waals surface area contributed by atoms with Crippen LogP contribution in [0.4, 0.5) is 0 Å². The Balaban J connectivity index is 2.99. The molecule has 100 valence electrons. The van der Waals surface area contributed by atoms with Crippen molar-refractivity contribution in [2.24, 2.45) is 0 Å². The average Bonchev–Trinajstić information content (AvgIpc) is 2.19. The van der Waals surface area contributed by atoms with Crippen molar-refractivity contribution in [1.29, 1.82) is 0 Å². The van der Waals surface area contributed by atoms with Crippen LogP contribution in [0.1, 0.15) is 71.1 Å². The maximum absolute atomic E-state index is 2.49. The monoisotopic (exact) mass is 246 g/mol. The molecule has 0 aliphatic carbocycles. The first kappa shape index (κ1) is 16.4. The first-order chi connectivity index (χ1) is 7.56. The summed E-state index contributed by atoms with van der Waals surface area (Å²) < 4.78 is 0. The second kappa shape index (κ2) is 10.6. The average molecular weight is 246 g/mol. The van der Waals surface area contributed by atoms with Gasteiger partial charge in [0.25, 0.3) is 0 Å². The summed E-state index contributed by atoms with van der Waals surface area (Å²) in [6, 6.07) is 0. The number of hydrogen-bond donors (Lipinski definition) is 0. The van der Waals surface area contributed by atoms with Gasteiger partial charge in [-0.25, -0.2) is 0 Å². The zero-order valence-corrected chi connectivity index (χ0v) is 13.3. The molecule has 0 nitrogen and oxygen atoms in total. The number of unbranched alkanes of at least 4 members (excludes halogenated alkanes) is 9. The quantitative estimate of drug-likeness (QED) is 0.331. The summed E-state index contributed by atoms with van der Waals surface area (Å²) in [4.78, 5) is 0. The van der Waals surface area contributed by atoms with Crippen LogP contribution < -0.4 is 0 Å². The molecule has 0 heterocycles. The first-order valence-corrected chi connectivity index (χ1v) is 11.3. The van der Waals surface area contributed by atoms with E-state index >= 15 is 0 Å². The third kappa shape index (κ3) is 14.4. The molecule has 0 aliphatic rings. The Bertz CT molecular complexity index is 135. The molecule has 0 saturated carbocycles. The van der Waals surface area contributed by atoms with Crippen molar-refractivity contribution >= 4 is 7.26 Å². The van der Waals surface area contributed by atoms with E-state index in [9.17, 15) is 0 Å². The Hall–Kier alpha value is 0.430. The molecule has 1 heteroatoms. The van der Waals surface area contributed by atoms with E-state index in [1.165, 1.54) is 70.4 Å². The van der Waals surface area contributed by atoms with Gasteiger partial charge < -0.3 is 0 Å². The molecular formula is C15H35P. The summed E-state index contributed by atoms with van der Waals surface area (Å²) in [7, 11) is -0.748. The van der Waals surface area contributed by atoms with Crippen LogP contribution in [0.2, 0.25) is 0 Å². The van der Waals surface area contributed by atoms with Gasteiger partial charge in [0.05, 0.1) is 0 Å². The van der Waals surface area contributed by atoms with Crippen LogP contribution in [-0.2, 0) is 0 Å². The molecule has 0 aromatic carbocycles. The van der Waals surface area contributed by atoms with Crippen LogP contribution in [0.5, 0.6) is 0 Å².